The molecule has 0 aliphatic heterocycles. The van der Waals surface area contributed by atoms with Gasteiger partial charge in [-0.05, 0) is 119 Å². The predicted octanol–water partition coefficient (Wildman–Crippen LogP) is 16.3. The van der Waals surface area contributed by atoms with Crippen LogP contribution in [-0.2, 0) is 10.8 Å². The molecule has 0 amide bonds. The van der Waals surface area contributed by atoms with Crippen molar-refractivity contribution in [2.45, 2.75) is 24.7 Å². The van der Waals surface area contributed by atoms with Gasteiger partial charge in [-0.25, -0.2) is 0 Å². The zero-order valence-electron chi connectivity index (χ0n) is 35.3. The molecule has 0 bridgehead atoms. The van der Waals surface area contributed by atoms with Crippen LogP contribution >= 0.6 is 0 Å². The topological polar surface area (TPSA) is 3.24 Å². The summed E-state index contributed by atoms with van der Waals surface area (Å²) in [6.07, 6.45) is 0. The Morgan fingerprint density at radius 3 is 1.67 bits per heavy atom. The molecule has 0 saturated carbocycles. The fourth-order valence-corrected chi connectivity index (χ4v) is 11.8. The van der Waals surface area contributed by atoms with Crippen LogP contribution in [0.1, 0.15) is 47.2 Å². The van der Waals surface area contributed by atoms with Crippen LogP contribution in [0.5, 0.6) is 0 Å². The Morgan fingerprint density at radius 2 is 0.905 bits per heavy atom. The number of nitrogens with zero attached hydrogens (tertiary/aromatic N) is 1. The molecule has 0 N–H and O–H groups in total. The van der Waals surface area contributed by atoms with E-state index in [4.69, 9.17) is 0 Å². The van der Waals surface area contributed by atoms with E-state index < -0.39 is 5.41 Å². The fraction of sp³-hybridized carbons (Fsp3) is 0.0645. The summed E-state index contributed by atoms with van der Waals surface area (Å²) in [7, 11) is 0. The van der Waals surface area contributed by atoms with Crippen molar-refractivity contribution >= 4 is 27.8 Å². The second-order valence-electron chi connectivity index (χ2n) is 17.9. The molecule has 10 aromatic rings. The van der Waals surface area contributed by atoms with Crippen molar-refractivity contribution in [2.75, 3.05) is 4.90 Å². The molecule has 0 fully saturated rings. The number of benzene rings is 10. The summed E-state index contributed by atoms with van der Waals surface area (Å²) in [5.41, 5.74) is 23.5. The van der Waals surface area contributed by atoms with Gasteiger partial charge in [-0.1, -0.05) is 208 Å². The van der Waals surface area contributed by atoms with Crippen molar-refractivity contribution < 1.29 is 0 Å². The molecule has 1 unspecified atom stereocenters. The van der Waals surface area contributed by atoms with Crippen LogP contribution in [0.3, 0.4) is 0 Å². The van der Waals surface area contributed by atoms with Gasteiger partial charge < -0.3 is 4.90 Å². The first-order valence-electron chi connectivity index (χ1n) is 22.2. The molecule has 3 aliphatic rings. The highest BCUT2D eigenvalue weighted by Gasteiger charge is 2.53. The lowest BCUT2D eigenvalue weighted by Crippen LogP contribution is -2.26. The average Bonchev–Trinajstić information content (AvgIpc) is 3.91. The molecule has 0 heterocycles. The number of anilines is 3. The van der Waals surface area contributed by atoms with E-state index in [0.717, 1.165) is 11.4 Å². The Balaban J connectivity index is 1.13. The van der Waals surface area contributed by atoms with Crippen molar-refractivity contribution in [1.82, 2.24) is 0 Å². The molecular weight excluding hydrogens is 759 g/mol. The normalized spacial score (nSPS) is 15.7. The second kappa shape index (κ2) is 13.4. The van der Waals surface area contributed by atoms with E-state index in [9.17, 15) is 0 Å². The van der Waals surface area contributed by atoms with Gasteiger partial charge in [-0.3, -0.25) is 0 Å². The smallest absolute Gasteiger partial charge is 0.0726 e. The Kier molecular flexibility index (Phi) is 7.64. The second-order valence-corrected chi connectivity index (χ2v) is 17.9. The SMILES string of the molecule is CC1(C)c2ccccc2-c2ccc(N(c3ccc(-c4ccccc4)cc3-c3ccccc3)c3cccc4c3-c3ccccc3C43c4ccccc4-c4c3ccc3ccccc43)cc21. The van der Waals surface area contributed by atoms with E-state index in [1.165, 1.54) is 105 Å². The molecular formula is C62H43N. The van der Waals surface area contributed by atoms with Gasteiger partial charge >= 0.3 is 0 Å². The molecule has 0 radical (unpaired) electrons. The number of rotatable bonds is 5. The van der Waals surface area contributed by atoms with E-state index in [1.807, 2.05) is 0 Å². The summed E-state index contributed by atoms with van der Waals surface area (Å²) in [4.78, 5) is 2.58. The van der Waals surface area contributed by atoms with E-state index in [0.29, 0.717) is 0 Å². The van der Waals surface area contributed by atoms with Gasteiger partial charge in [0.05, 0.1) is 16.8 Å². The number of fused-ring (bicyclic) bond motifs is 15. The summed E-state index contributed by atoms with van der Waals surface area (Å²) in [5.74, 6) is 0. The summed E-state index contributed by atoms with van der Waals surface area (Å²) >= 11 is 0. The Bertz CT molecular complexity index is 3490. The molecule has 63 heavy (non-hydrogen) atoms. The highest BCUT2D eigenvalue weighted by atomic mass is 15.1. The van der Waals surface area contributed by atoms with Crippen LogP contribution in [0.15, 0.2) is 224 Å². The molecule has 0 saturated heterocycles. The van der Waals surface area contributed by atoms with Gasteiger partial charge in [-0.2, -0.15) is 0 Å². The summed E-state index contributed by atoms with van der Waals surface area (Å²) < 4.78 is 0. The standard InChI is InChI=1S/C62H43N/c1-61(2)51-27-14-11-24-46(51)47-35-34-44(39-56(47)61)63(57-37-33-43(40-18-5-3-6-19-40)38-50(57)41-20-7-4-8-21-41)58-31-17-30-54-60(58)49-26-13-16-29-53(49)62(54)52-28-15-12-25-48(52)59-45-23-10-9-22-42(45)32-36-55(59)62/h3-39H,1-2H3. The Hall–Kier alpha value is -7.74. The first kappa shape index (κ1) is 36.0. The third kappa shape index (κ3) is 4.94. The van der Waals surface area contributed by atoms with Gasteiger partial charge in [-0.15, -0.1) is 0 Å². The van der Waals surface area contributed by atoms with Crippen molar-refractivity contribution in [3.05, 3.63) is 258 Å². The van der Waals surface area contributed by atoms with Gasteiger partial charge in [0, 0.05) is 22.2 Å². The maximum atomic E-state index is 2.58. The summed E-state index contributed by atoms with van der Waals surface area (Å²) in [6.45, 7) is 4.77. The zero-order valence-corrected chi connectivity index (χ0v) is 35.3. The van der Waals surface area contributed by atoms with Gasteiger partial charge in [0.15, 0.2) is 0 Å². The lowest BCUT2D eigenvalue weighted by Gasteiger charge is -2.33. The number of hydrogen-bond acceptors (Lipinski definition) is 1. The first-order valence-corrected chi connectivity index (χ1v) is 22.2. The highest BCUT2D eigenvalue weighted by molar-refractivity contribution is 6.08. The van der Waals surface area contributed by atoms with Gasteiger partial charge in [0.2, 0.25) is 0 Å². The van der Waals surface area contributed by atoms with E-state index in [-0.39, 0.29) is 5.41 Å². The maximum absolute atomic E-state index is 2.58. The van der Waals surface area contributed by atoms with Crippen LogP contribution in [0.25, 0.3) is 66.4 Å². The molecule has 10 aromatic carbocycles. The minimum atomic E-state index is -0.495. The van der Waals surface area contributed by atoms with Crippen LogP contribution < -0.4 is 4.90 Å². The summed E-state index contributed by atoms with van der Waals surface area (Å²) in [5, 5.41) is 2.57. The third-order valence-electron chi connectivity index (χ3n) is 14.5. The summed E-state index contributed by atoms with van der Waals surface area (Å²) in [6, 6.07) is 84.1. The van der Waals surface area contributed by atoms with Crippen molar-refractivity contribution in [2.24, 2.45) is 0 Å². The Labute approximate surface area is 369 Å². The largest absolute Gasteiger partial charge is 0.309 e. The molecule has 296 valence electrons. The molecule has 1 heteroatoms. The lowest BCUT2D eigenvalue weighted by molar-refractivity contribution is 0.660. The molecule has 1 spiro atoms. The van der Waals surface area contributed by atoms with Crippen LogP contribution in [-0.4, -0.2) is 0 Å². The average molecular weight is 802 g/mol. The van der Waals surface area contributed by atoms with E-state index >= 15 is 0 Å². The van der Waals surface area contributed by atoms with Crippen molar-refractivity contribution in [1.29, 1.82) is 0 Å². The number of hydrogen-bond donors (Lipinski definition) is 0. The predicted molar refractivity (Wildman–Crippen MR) is 263 cm³/mol. The van der Waals surface area contributed by atoms with Gasteiger partial charge in [0.25, 0.3) is 0 Å². The van der Waals surface area contributed by atoms with Gasteiger partial charge in [0.1, 0.15) is 0 Å². The molecule has 1 nitrogen and oxygen atoms in total. The third-order valence-corrected chi connectivity index (χ3v) is 14.5. The van der Waals surface area contributed by atoms with Crippen molar-refractivity contribution in [3.63, 3.8) is 0 Å². The first-order chi connectivity index (χ1) is 31.0. The molecule has 3 aliphatic carbocycles. The minimum absolute atomic E-state index is 0.164. The van der Waals surface area contributed by atoms with E-state index in [1.54, 1.807) is 0 Å². The lowest BCUT2D eigenvalue weighted by atomic mass is 9.70. The van der Waals surface area contributed by atoms with E-state index in [2.05, 4.69) is 243 Å². The minimum Gasteiger partial charge on any atom is -0.309 e. The molecule has 0 aromatic heterocycles. The van der Waals surface area contributed by atoms with Crippen molar-refractivity contribution in [3.8, 4) is 55.6 Å². The maximum Gasteiger partial charge on any atom is 0.0726 e. The van der Waals surface area contributed by atoms with Crippen LogP contribution in [0, 0.1) is 0 Å². The molecule has 1 atom stereocenters. The zero-order chi connectivity index (χ0) is 41.9. The molecule has 13 rings (SSSR count). The Morgan fingerprint density at radius 1 is 0.317 bits per heavy atom. The quantitative estimate of drug-likeness (QED) is 0.168. The highest BCUT2D eigenvalue weighted by Crippen LogP contribution is 2.66. The monoisotopic (exact) mass is 801 g/mol. The fourth-order valence-electron chi connectivity index (χ4n) is 11.8. The van der Waals surface area contributed by atoms with Crippen LogP contribution in [0.2, 0.25) is 0 Å². The van der Waals surface area contributed by atoms with Crippen LogP contribution in [0.4, 0.5) is 17.1 Å².